The van der Waals surface area contributed by atoms with Crippen LogP contribution in [-0.2, 0) is 26.2 Å². The van der Waals surface area contributed by atoms with E-state index in [2.05, 4.69) is 5.32 Å². The van der Waals surface area contributed by atoms with E-state index in [1.807, 2.05) is 20.8 Å². The van der Waals surface area contributed by atoms with Crippen molar-refractivity contribution in [2.75, 3.05) is 17.4 Å². The number of benzene rings is 3. The van der Waals surface area contributed by atoms with E-state index in [1.165, 1.54) is 23.1 Å². The molecule has 1 N–H and O–H groups in total. The summed E-state index contributed by atoms with van der Waals surface area (Å²) in [4.78, 5) is 28.5. The molecule has 0 heterocycles. The van der Waals surface area contributed by atoms with Crippen LogP contribution >= 0.6 is 23.2 Å². The van der Waals surface area contributed by atoms with Crippen LogP contribution in [0.2, 0.25) is 10.0 Å². The van der Waals surface area contributed by atoms with Gasteiger partial charge >= 0.3 is 0 Å². The molecule has 0 radical (unpaired) electrons. The Balaban J connectivity index is 2.07. The number of aryl methyl sites for hydroxylation is 2. The highest BCUT2D eigenvalue weighted by atomic mass is 35.5. The number of carbonyl (C=O) groups is 2. The zero-order chi connectivity index (χ0) is 29.6. The number of nitrogens with zero attached hydrogens (tertiary/aromatic N) is 2. The molecule has 0 saturated heterocycles. The van der Waals surface area contributed by atoms with Gasteiger partial charge in [0.1, 0.15) is 12.6 Å². The third-order valence-corrected chi connectivity index (χ3v) is 8.86. The van der Waals surface area contributed by atoms with Crippen LogP contribution in [0.15, 0.2) is 71.6 Å². The predicted octanol–water partition coefficient (Wildman–Crippen LogP) is 6.00. The van der Waals surface area contributed by atoms with Gasteiger partial charge < -0.3 is 10.2 Å². The Morgan fingerprint density at radius 2 is 1.57 bits per heavy atom. The molecule has 0 aliphatic rings. The van der Waals surface area contributed by atoms with Crippen LogP contribution in [0.25, 0.3) is 0 Å². The third kappa shape index (κ3) is 7.77. The summed E-state index contributed by atoms with van der Waals surface area (Å²) in [7, 11) is -4.19. The van der Waals surface area contributed by atoms with Crippen molar-refractivity contribution in [1.82, 2.24) is 10.2 Å². The van der Waals surface area contributed by atoms with Gasteiger partial charge in [-0.05, 0) is 68.1 Å². The molecule has 0 spiro atoms. The Bertz CT molecular complexity index is 1460. The first-order valence-corrected chi connectivity index (χ1v) is 15.2. The molecule has 0 aliphatic carbocycles. The average Bonchev–Trinajstić information content (AvgIpc) is 2.91. The molecule has 0 bridgehead atoms. The summed E-state index contributed by atoms with van der Waals surface area (Å²) < 4.78 is 29.0. The van der Waals surface area contributed by atoms with E-state index in [9.17, 15) is 18.0 Å². The predicted molar refractivity (Wildman–Crippen MR) is 161 cm³/mol. The summed E-state index contributed by atoms with van der Waals surface area (Å²) >= 11 is 12.7. The van der Waals surface area contributed by atoms with Crippen LogP contribution < -0.4 is 9.62 Å². The highest BCUT2D eigenvalue weighted by Gasteiger charge is 2.33. The first-order chi connectivity index (χ1) is 18.8. The van der Waals surface area contributed by atoms with Crippen molar-refractivity contribution < 1.29 is 18.0 Å². The summed E-state index contributed by atoms with van der Waals surface area (Å²) in [6.07, 6.45) is 0. The maximum Gasteiger partial charge on any atom is 0.264 e. The number of nitrogens with one attached hydrogen (secondary N) is 1. The molecule has 214 valence electrons. The van der Waals surface area contributed by atoms with Crippen molar-refractivity contribution in [2.45, 2.75) is 52.1 Å². The Hall–Kier alpha value is -3.07. The highest BCUT2D eigenvalue weighted by molar-refractivity contribution is 7.92. The fraction of sp³-hybridized carbons (Fsp3) is 0.333. The molecule has 1 atom stereocenters. The van der Waals surface area contributed by atoms with Gasteiger partial charge in [0.25, 0.3) is 10.0 Å². The number of hydrogen-bond donors (Lipinski definition) is 1. The van der Waals surface area contributed by atoms with Gasteiger partial charge in [-0.3, -0.25) is 13.9 Å². The summed E-state index contributed by atoms with van der Waals surface area (Å²) in [6, 6.07) is 17.4. The topological polar surface area (TPSA) is 86.8 Å². The summed E-state index contributed by atoms with van der Waals surface area (Å²) in [5.41, 5.74) is 2.42. The minimum Gasteiger partial charge on any atom is -0.354 e. The second-order valence-corrected chi connectivity index (χ2v) is 12.9. The van der Waals surface area contributed by atoms with Crippen LogP contribution in [0.1, 0.15) is 37.5 Å². The van der Waals surface area contributed by atoms with Gasteiger partial charge in [0.15, 0.2) is 0 Å². The van der Waals surface area contributed by atoms with Gasteiger partial charge in [-0.1, -0.05) is 79.0 Å². The molecule has 7 nitrogen and oxygen atoms in total. The second-order valence-electron chi connectivity index (χ2n) is 10.2. The summed E-state index contributed by atoms with van der Waals surface area (Å²) in [6.45, 7) is 9.07. The van der Waals surface area contributed by atoms with Crippen LogP contribution in [0.3, 0.4) is 0 Å². The van der Waals surface area contributed by atoms with Crippen molar-refractivity contribution in [3.63, 3.8) is 0 Å². The molecule has 3 rings (SSSR count). The Morgan fingerprint density at radius 1 is 0.925 bits per heavy atom. The molecule has 1 unspecified atom stereocenters. The second kappa shape index (κ2) is 13.5. The lowest BCUT2D eigenvalue weighted by atomic mass is 10.1. The van der Waals surface area contributed by atoms with Gasteiger partial charge in [0.05, 0.1) is 10.6 Å². The maximum atomic E-state index is 14.0. The van der Waals surface area contributed by atoms with E-state index >= 15 is 0 Å². The fourth-order valence-corrected chi connectivity index (χ4v) is 5.88. The fourth-order valence-electron chi connectivity index (χ4n) is 4.05. The van der Waals surface area contributed by atoms with E-state index in [1.54, 1.807) is 62.4 Å². The van der Waals surface area contributed by atoms with Crippen molar-refractivity contribution >= 4 is 50.7 Å². The molecule has 0 fully saturated rings. The molecular formula is C30H35Cl2N3O4S. The normalized spacial score (nSPS) is 12.2. The minimum atomic E-state index is -4.19. The monoisotopic (exact) mass is 603 g/mol. The first kappa shape index (κ1) is 31.5. The largest absolute Gasteiger partial charge is 0.354 e. The van der Waals surface area contributed by atoms with E-state index < -0.39 is 28.5 Å². The highest BCUT2D eigenvalue weighted by Crippen LogP contribution is 2.30. The Kier molecular flexibility index (Phi) is 10.6. The SMILES string of the molecule is Cc1ccc(S(=O)(=O)N(CC(=O)N(Cc2ccccc2Cl)C(C)C(=O)NCC(C)C)c2cc(Cl)ccc2C)cc1. The number of amides is 2. The van der Waals surface area contributed by atoms with Gasteiger partial charge in [0, 0.05) is 23.1 Å². The van der Waals surface area contributed by atoms with E-state index in [0.717, 1.165) is 9.87 Å². The number of rotatable bonds is 11. The van der Waals surface area contributed by atoms with Gasteiger partial charge in [0.2, 0.25) is 11.8 Å². The van der Waals surface area contributed by atoms with E-state index in [-0.39, 0.29) is 29.0 Å². The molecule has 3 aromatic rings. The number of sulfonamides is 1. The lowest BCUT2D eigenvalue weighted by Gasteiger charge is -2.32. The van der Waals surface area contributed by atoms with Crippen molar-refractivity contribution in [2.24, 2.45) is 5.92 Å². The summed E-state index contributed by atoms with van der Waals surface area (Å²) in [5, 5.41) is 3.63. The maximum absolute atomic E-state index is 14.0. The zero-order valence-corrected chi connectivity index (χ0v) is 25.6. The summed E-state index contributed by atoms with van der Waals surface area (Å²) in [5.74, 6) is -0.701. The van der Waals surface area contributed by atoms with Crippen molar-refractivity contribution in [3.05, 3.63) is 93.5 Å². The lowest BCUT2D eigenvalue weighted by molar-refractivity contribution is -0.139. The number of halogens is 2. The first-order valence-electron chi connectivity index (χ1n) is 13.0. The number of hydrogen-bond acceptors (Lipinski definition) is 4. The average molecular weight is 605 g/mol. The molecule has 40 heavy (non-hydrogen) atoms. The van der Waals surface area contributed by atoms with Crippen LogP contribution in [0.5, 0.6) is 0 Å². The quantitative estimate of drug-likeness (QED) is 0.291. The number of carbonyl (C=O) groups excluding carboxylic acids is 2. The van der Waals surface area contributed by atoms with Gasteiger partial charge in [-0.15, -0.1) is 0 Å². The molecule has 0 aromatic heterocycles. The van der Waals surface area contributed by atoms with E-state index in [4.69, 9.17) is 23.2 Å². The molecule has 0 saturated carbocycles. The molecule has 0 aliphatic heterocycles. The minimum absolute atomic E-state index is 0.0156. The number of anilines is 1. The molecular weight excluding hydrogens is 569 g/mol. The molecule has 2 amide bonds. The van der Waals surface area contributed by atoms with Crippen LogP contribution in [-0.4, -0.2) is 44.3 Å². The zero-order valence-electron chi connectivity index (χ0n) is 23.3. The lowest BCUT2D eigenvalue weighted by Crippen LogP contribution is -2.51. The van der Waals surface area contributed by atoms with Crippen LogP contribution in [0, 0.1) is 19.8 Å². The van der Waals surface area contributed by atoms with Crippen molar-refractivity contribution in [3.8, 4) is 0 Å². The van der Waals surface area contributed by atoms with E-state index in [0.29, 0.717) is 27.7 Å². The third-order valence-electron chi connectivity index (χ3n) is 6.48. The van der Waals surface area contributed by atoms with Crippen molar-refractivity contribution in [1.29, 1.82) is 0 Å². The van der Waals surface area contributed by atoms with Gasteiger partial charge in [-0.25, -0.2) is 8.42 Å². The Morgan fingerprint density at radius 3 is 2.20 bits per heavy atom. The molecule has 3 aromatic carbocycles. The smallest absolute Gasteiger partial charge is 0.264 e. The molecule has 10 heteroatoms. The standard InChI is InChI=1S/C30H35Cl2N3O4S/c1-20(2)17-33-30(37)23(5)34(18-24-8-6-7-9-27(24)32)29(36)19-35(28-16-25(31)13-12-22(28)4)40(38,39)26-14-10-21(3)11-15-26/h6-16,20,23H,17-19H2,1-5H3,(H,33,37). The van der Waals surface area contributed by atoms with Gasteiger partial charge in [-0.2, -0.15) is 0 Å². The Labute approximate surface area is 247 Å². The van der Waals surface area contributed by atoms with Crippen LogP contribution in [0.4, 0.5) is 5.69 Å².